The molecule has 24 heavy (non-hydrogen) atoms. The molecule has 0 N–H and O–H groups in total. The third-order valence-corrected chi connectivity index (χ3v) is 3.51. The van der Waals surface area contributed by atoms with Gasteiger partial charge in [0.05, 0.1) is 16.9 Å². The molecule has 1 aromatic carbocycles. The van der Waals surface area contributed by atoms with Crippen LogP contribution in [0.1, 0.15) is 5.69 Å². The van der Waals surface area contributed by atoms with Gasteiger partial charge in [0, 0.05) is 12.4 Å². The summed E-state index contributed by atoms with van der Waals surface area (Å²) < 4.78 is 19.9. The van der Waals surface area contributed by atoms with E-state index in [1.54, 1.807) is 35.3 Å². The van der Waals surface area contributed by atoms with E-state index in [4.69, 9.17) is 4.52 Å². The lowest BCUT2D eigenvalue weighted by Gasteiger charge is -2.02. The van der Waals surface area contributed by atoms with Crippen LogP contribution in [0.3, 0.4) is 0 Å². The van der Waals surface area contributed by atoms with Crippen molar-refractivity contribution in [3.63, 3.8) is 0 Å². The Hall–Kier alpha value is -3.42. The maximum atomic E-state index is 13.1. The second kappa shape index (κ2) is 5.65. The predicted molar refractivity (Wildman–Crippen MR) is 82.6 cm³/mol. The minimum Gasteiger partial charge on any atom is -0.333 e. The molecule has 118 valence electrons. The number of halogens is 1. The number of aromatic nitrogens is 6. The highest BCUT2D eigenvalue weighted by Gasteiger charge is 2.18. The maximum Gasteiger partial charge on any atom is 0.259 e. The van der Waals surface area contributed by atoms with Crippen LogP contribution in [-0.4, -0.2) is 30.1 Å². The lowest BCUT2D eigenvalue weighted by atomic mass is 10.2. The monoisotopic (exact) mass is 322 g/mol. The highest BCUT2D eigenvalue weighted by Crippen LogP contribution is 2.23. The molecule has 0 atom stereocenters. The molecule has 7 nitrogen and oxygen atoms in total. The van der Waals surface area contributed by atoms with E-state index < -0.39 is 0 Å². The van der Waals surface area contributed by atoms with Crippen molar-refractivity contribution in [1.29, 1.82) is 0 Å². The van der Waals surface area contributed by atoms with Crippen LogP contribution in [0.2, 0.25) is 0 Å². The fourth-order valence-corrected chi connectivity index (χ4v) is 2.29. The van der Waals surface area contributed by atoms with E-state index in [9.17, 15) is 4.39 Å². The molecule has 0 saturated heterocycles. The molecule has 0 amide bonds. The fourth-order valence-electron chi connectivity index (χ4n) is 2.29. The largest absolute Gasteiger partial charge is 0.333 e. The van der Waals surface area contributed by atoms with E-state index in [1.165, 1.54) is 12.1 Å². The van der Waals surface area contributed by atoms with E-state index in [2.05, 4.69) is 25.4 Å². The summed E-state index contributed by atoms with van der Waals surface area (Å²) in [6.07, 6.45) is 3.30. The number of benzene rings is 1. The van der Waals surface area contributed by atoms with Crippen molar-refractivity contribution in [2.45, 2.75) is 6.92 Å². The Morgan fingerprint density at radius 1 is 1.12 bits per heavy atom. The first kappa shape index (κ1) is 14.2. The normalized spacial score (nSPS) is 10.9. The Morgan fingerprint density at radius 2 is 1.96 bits per heavy atom. The zero-order valence-corrected chi connectivity index (χ0v) is 12.6. The van der Waals surface area contributed by atoms with Crippen LogP contribution < -0.4 is 0 Å². The summed E-state index contributed by atoms with van der Waals surface area (Å²) in [7, 11) is 0. The van der Waals surface area contributed by atoms with Gasteiger partial charge in [-0.15, -0.1) is 5.10 Å². The molecule has 0 aliphatic carbocycles. The van der Waals surface area contributed by atoms with Gasteiger partial charge in [-0.05, 0) is 43.3 Å². The van der Waals surface area contributed by atoms with E-state index in [0.29, 0.717) is 23.1 Å². The summed E-state index contributed by atoms with van der Waals surface area (Å²) in [5, 5.41) is 12.1. The van der Waals surface area contributed by atoms with Gasteiger partial charge in [-0.25, -0.2) is 9.07 Å². The molecule has 0 fully saturated rings. The molecule has 0 saturated carbocycles. The molecule has 8 heteroatoms. The van der Waals surface area contributed by atoms with Crippen molar-refractivity contribution in [1.82, 2.24) is 30.1 Å². The Bertz CT molecular complexity index is 977. The third kappa shape index (κ3) is 2.43. The molecular weight excluding hydrogens is 311 g/mol. The summed E-state index contributed by atoms with van der Waals surface area (Å²) in [6, 6.07) is 9.59. The second-order valence-corrected chi connectivity index (χ2v) is 5.08. The summed E-state index contributed by atoms with van der Waals surface area (Å²) in [6.45, 7) is 1.83. The lowest BCUT2D eigenvalue weighted by molar-refractivity contribution is 0.432. The van der Waals surface area contributed by atoms with E-state index in [0.717, 1.165) is 11.3 Å². The molecule has 0 spiro atoms. The number of hydrogen-bond acceptors (Lipinski definition) is 6. The van der Waals surface area contributed by atoms with Crippen molar-refractivity contribution < 1.29 is 8.91 Å². The molecule has 4 rings (SSSR count). The first-order valence-corrected chi connectivity index (χ1v) is 7.15. The maximum absolute atomic E-state index is 13.1. The van der Waals surface area contributed by atoms with Gasteiger partial charge in [0.15, 0.2) is 5.69 Å². The Balaban J connectivity index is 1.71. The van der Waals surface area contributed by atoms with Crippen LogP contribution >= 0.6 is 0 Å². The molecule has 3 aromatic heterocycles. The number of hydrogen-bond donors (Lipinski definition) is 0. The van der Waals surface area contributed by atoms with E-state index in [-0.39, 0.29) is 5.82 Å². The van der Waals surface area contributed by atoms with Crippen LogP contribution in [-0.2, 0) is 0 Å². The van der Waals surface area contributed by atoms with Crippen LogP contribution in [0.15, 0.2) is 53.3 Å². The van der Waals surface area contributed by atoms with Crippen LogP contribution in [0.5, 0.6) is 0 Å². The van der Waals surface area contributed by atoms with Crippen LogP contribution in [0.4, 0.5) is 4.39 Å². The van der Waals surface area contributed by atoms with E-state index >= 15 is 0 Å². The van der Waals surface area contributed by atoms with Gasteiger partial charge in [-0.1, -0.05) is 10.4 Å². The molecule has 0 unspecified atom stereocenters. The quantitative estimate of drug-likeness (QED) is 0.577. The molecular formula is C16H11FN6O. The van der Waals surface area contributed by atoms with E-state index in [1.807, 2.05) is 13.0 Å². The van der Waals surface area contributed by atoms with Gasteiger partial charge in [0.2, 0.25) is 5.82 Å². The smallest absolute Gasteiger partial charge is 0.259 e. The summed E-state index contributed by atoms with van der Waals surface area (Å²) in [5.74, 6) is 0.379. The molecule has 0 radical (unpaired) electrons. The number of nitrogens with zero attached hydrogens (tertiary/aromatic N) is 6. The highest BCUT2D eigenvalue weighted by atomic mass is 19.1. The summed E-state index contributed by atoms with van der Waals surface area (Å²) in [5.41, 5.74) is 2.64. The van der Waals surface area contributed by atoms with Gasteiger partial charge in [-0.3, -0.25) is 4.98 Å². The first-order valence-electron chi connectivity index (χ1n) is 7.15. The Kier molecular flexibility index (Phi) is 3.34. The Labute approximate surface area is 135 Å². The average molecular weight is 322 g/mol. The van der Waals surface area contributed by atoms with Crippen molar-refractivity contribution in [3.05, 3.63) is 60.3 Å². The number of pyridine rings is 1. The molecule has 4 aromatic rings. The van der Waals surface area contributed by atoms with Crippen molar-refractivity contribution in [2.24, 2.45) is 0 Å². The zero-order valence-electron chi connectivity index (χ0n) is 12.6. The van der Waals surface area contributed by atoms with Gasteiger partial charge >= 0.3 is 0 Å². The summed E-state index contributed by atoms with van der Waals surface area (Å²) in [4.78, 5) is 8.36. The molecule has 0 aliphatic rings. The van der Waals surface area contributed by atoms with Crippen molar-refractivity contribution in [3.8, 4) is 28.7 Å². The van der Waals surface area contributed by atoms with Crippen molar-refractivity contribution in [2.75, 3.05) is 0 Å². The summed E-state index contributed by atoms with van der Waals surface area (Å²) >= 11 is 0. The fraction of sp³-hybridized carbons (Fsp3) is 0.0625. The van der Waals surface area contributed by atoms with Gasteiger partial charge in [0.1, 0.15) is 5.82 Å². The SMILES string of the molecule is Cc1c(-c2noc(-c3cccnc3)n2)nnn1-c1ccc(F)cc1. The topological polar surface area (TPSA) is 82.5 Å². The molecule has 3 heterocycles. The van der Waals surface area contributed by atoms with Gasteiger partial charge in [-0.2, -0.15) is 4.98 Å². The highest BCUT2D eigenvalue weighted by molar-refractivity contribution is 5.58. The van der Waals surface area contributed by atoms with Crippen molar-refractivity contribution >= 4 is 0 Å². The van der Waals surface area contributed by atoms with Crippen LogP contribution in [0, 0.1) is 12.7 Å². The molecule has 0 aliphatic heterocycles. The van der Waals surface area contributed by atoms with Gasteiger partial charge < -0.3 is 4.52 Å². The predicted octanol–water partition coefficient (Wildman–Crippen LogP) is 2.83. The molecule has 0 bridgehead atoms. The Morgan fingerprint density at radius 3 is 2.71 bits per heavy atom. The lowest BCUT2D eigenvalue weighted by Crippen LogP contribution is -1.99. The zero-order chi connectivity index (χ0) is 16.5. The average Bonchev–Trinajstić information content (AvgIpc) is 3.23. The first-order chi connectivity index (χ1) is 11.7. The van der Waals surface area contributed by atoms with Crippen LogP contribution in [0.25, 0.3) is 28.7 Å². The number of rotatable bonds is 3. The third-order valence-electron chi connectivity index (χ3n) is 3.51. The minimum absolute atomic E-state index is 0.309. The second-order valence-electron chi connectivity index (χ2n) is 5.08. The standard InChI is InChI=1S/C16H11FN6O/c1-10-14(20-22-23(10)13-6-4-12(17)5-7-13)15-19-16(24-21-15)11-3-2-8-18-9-11/h2-9H,1H3. The minimum atomic E-state index is -0.309. The van der Waals surface area contributed by atoms with Gasteiger partial charge in [0.25, 0.3) is 5.89 Å².